The van der Waals surface area contributed by atoms with E-state index in [4.69, 9.17) is 17.3 Å². The molecule has 3 aromatic rings. The Labute approximate surface area is 151 Å². The fourth-order valence-electron chi connectivity index (χ4n) is 2.37. The molecule has 2 N–H and O–H groups in total. The third kappa shape index (κ3) is 3.12. The van der Waals surface area contributed by atoms with E-state index in [1.807, 2.05) is 30.3 Å². The zero-order chi connectivity index (χ0) is 17.3. The van der Waals surface area contributed by atoms with Crippen LogP contribution in [0.1, 0.15) is 5.56 Å². The van der Waals surface area contributed by atoms with E-state index in [0.717, 1.165) is 10.0 Å². The Morgan fingerprint density at radius 1 is 1.12 bits per heavy atom. The van der Waals surface area contributed by atoms with Crippen molar-refractivity contribution in [3.63, 3.8) is 0 Å². The Kier molecular flexibility index (Phi) is 4.52. The standard InChI is InChI=1S/C18H10BrClFN3/c19-12-3-1-2-11(6-12)17-8-13(14(9-22)18(23)24-17)10-4-5-15(20)16(21)7-10/h1-8H,(H2,23,24). The largest absolute Gasteiger partial charge is 0.383 e. The Morgan fingerprint density at radius 3 is 2.58 bits per heavy atom. The highest BCUT2D eigenvalue weighted by Crippen LogP contribution is 2.33. The fourth-order valence-corrected chi connectivity index (χ4v) is 2.89. The quantitative estimate of drug-likeness (QED) is 0.622. The number of anilines is 1. The Balaban J connectivity index is 2.24. The Bertz CT molecular complexity index is 982. The first-order valence-corrected chi connectivity index (χ1v) is 8.08. The van der Waals surface area contributed by atoms with Gasteiger partial charge in [0.15, 0.2) is 0 Å². The number of nitriles is 1. The Hall–Kier alpha value is -2.42. The molecular weight excluding hydrogens is 393 g/mol. The van der Waals surface area contributed by atoms with Crippen molar-refractivity contribution in [3.05, 3.63) is 69.4 Å². The number of nitrogens with zero attached hydrogens (tertiary/aromatic N) is 2. The molecule has 1 heterocycles. The van der Waals surface area contributed by atoms with Crippen LogP contribution < -0.4 is 5.73 Å². The smallest absolute Gasteiger partial charge is 0.142 e. The monoisotopic (exact) mass is 401 g/mol. The maximum absolute atomic E-state index is 13.8. The van der Waals surface area contributed by atoms with Crippen LogP contribution in [0, 0.1) is 17.1 Å². The van der Waals surface area contributed by atoms with Crippen molar-refractivity contribution in [3.8, 4) is 28.5 Å². The maximum Gasteiger partial charge on any atom is 0.142 e. The zero-order valence-electron chi connectivity index (χ0n) is 12.2. The molecule has 3 nitrogen and oxygen atoms in total. The van der Waals surface area contributed by atoms with Gasteiger partial charge in [-0.15, -0.1) is 0 Å². The molecule has 0 aliphatic rings. The molecule has 1 aromatic heterocycles. The second-order valence-corrected chi connectivity index (χ2v) is 6.39. The van der Waals surface area contributed by atoms with Crippen molar-refractivity contribution >= 4 is 33.3 Å². The molecule has 0 saturated carbocycles. The molecule has 24 heavy (non-hydrogen) atoms. The van der Waals surface area contributed by atoms with Gasteiger partial charge >= 0.3 is 0 Å². The van der Waals surface area contributed by atoms with Crippen molar-refractivity contribution in [1.29, 1.82) is 5.26 Å². The summed E-state index contributed by atoms with van der Waals surface area (Å²) in [6.45, 7) is 0. The first-order valence-electron chi connectivity index (χ1n) is 6.91. The predicted molar refractivity (Wildman–Crippen MR) is 96.9 cm³/mol. The van der Waals surface area contributed by atoms with E-state index in [-0.39, 0.29) is 16.4 Å². The molecular formula is C18H10BrClFN3. The van der Waals surface area contributed by atoms with E-state index < -0.39 is 5.82 Å². The molecule has 3 rings (SSSR count). The molecule has 0 spiro atoms. The van der Waals surface area contributed by atoms with Crippen molar-refractivity contribution in [1.82, 2.24) is 4.98 Å². The molecule has 0 radical (unpaired) electrons. The average molecular weight is 403 g/mol. The minimum Gasteiger partial charge on any atom is -0.383 e. The lowest BCUT2D eigenvalue weighted by Gasteiger charge is -2.11. The first kappa shape index (κ1) is 16.4. The van der Waals surface area contributed by atoms with Crippen LogP contribution in [0.5, 0.6) is 0 Å². The summed E-state index contributed by atoms with van der Waals surface area (Å²) >= 11 is 9.15. The normalized spacial score (nSPS) is 10.4. The molecule has 0 aliphatic carbocycles. The van der Waals surface area contributed by atoms with Gasteiger partial charge in [0, 0.05) is 15.6 Å². The molecule has 0 fully saturated rings. The summed E-state index contributed by atoms with van der Waals surface area (Å²) in [5.74, 6) is -0.460. The minimum absolute atomic E-state index is 0.0199. The first-order chi connectivity index (χ1) is 11.5. The number of pyridine rings is 1. The topological polar surface area (TPSA) is 62.7 Å². The highest BCUT2D eigenvalue weighted by Gasteiger charge is 2.14. The second-order valence-electron chi connectivity index (χ2n) is 5.07. The number of nitrogens with two attached hydrogens (primary N) is 1. The maximum atomic E-state index is 13.8. The van der Waals surface area contributed by atoms with Gasteiger partial charge in [0.05, 0.1) is 10.7 Å². The number of hydrogen-bond acceptors (Lipinski definition) is 3. The van der Waals surface area contributed by atoms with Crippen LogP contribution in [-0.2, 0) is 0 Å². The van der Waals surface area contributed by atoms with Gasteiger partial charge in [-0.3, -0.25) is 0 Å². The highest BCUT2D eigenvalue weighted by atomic mass is 79.9. The number of hydrogen-bond donors (Lipinski definition) is 1. The average Bonchev–Trinajstić information content (AvgIpc) is 2.56. The van der Waals surface area contributed by atoms with Crippen LogP contribution in [0.2, 0.25) is 5.02 Å². The zero-order valence-corrected chi connectivity index (χ0v) is 14.6. The predicted octanol–water partition coefficient (Wildman–Crippen LogP) is 5.42. The fraction of sp³-hybridized carbons (Fsp3) is 0. The molecule has 0 atom stereocenters. The molecule has 118 valence electrons. The van der Waals surface area contributed by atoms with Crippen molar-refractivity contribution in [2.75, 3.05) is 5.73 Å². The van der Waals surface area contributed by atoms with Gasteiger partial charge in [-0.1, -0.05) is 45.7 Å². The number of rotatable bonds is 2. The number of halogens is 3. The van der Waals surface area contributed by atoms with Crippen molar-refractivity contribution < 1.29 is 4.39 Å². The van der Waals surface area contributed by atoms with Crippen LogP contribution in [0.4, 0.5) is 10.2 Å². The van der Waals surface area contributed by atoms with Gasteiger partial charge in [0.25, 0.3) is 0 Å². The third-order valence-corrected chi connectivity index (χ3v) is 4.31. The minimum atomic E-state index is -0.558. The van der Waals surface area contributed by atoms with Gasteiger partial charge in [-0.25, -0.2) is 9.37 Å². The lowest BCUT2D eigenvalue weighted by Crippen LogP contribution is -2.00. The molecule has 0 aliphatic heterocycles. The van der Waals surface area contributed by atoms with Crippen LogP contribution in [0.3, 0.4) is 0 Å². The molecule has 0 bridgehead atoms. The lowest BCUT2D eigenvalue weighted by atomic mass is 9.98. The summed E-state index contributed by atoms with van der Waals surface area (Å²) in [4.78, 5) is 4.30. The third-order valence-electron chi connectivity index (χ3n) is 3.51. The van der Waals surface area contributed by atoms with E-state index >= 15 is 0 Å². The van der Waals surface area contributed by atoms with E-state index in [1.165, 1.54) is 12.1 Å². The van der Waals surface area contributed by atoms with Crippen LogP contribution in [0.25, 0.3) is 22.4 Å². The number of nitrogen functional groups attached to an aromatic ring is 1. The van der Waals surface area contributed by atoms with E-state index in [1.54, 1.807) is 12.1 Å². The van der Waals surface area contributed by atoms with Crippen molar-refractivity contribution in [2.45, 2.75) is 0 Å². The SMILES string of the molecule is N#Cc1c(-c2ccc(Cl)c(F)c2)cc(-c2cccc(Br)c2)nc1N. The Morgan fingerprint density at radius 2 is 1.92 bits per heavy atom. The second kappa shape index (κ2) is 6.60. The van der Waals surface area contributed by atoms with Crippen LogP contribution in [0.15, 0.2) is 53.0 Å². The molecule has 0 amide bonds. The molecule has 2 aromatic carbocycles. The van der Waals surface area contributed by atoms with Gasteiger partial charge in [0.1, 0.15) is 23.3 Å². The van der Waals surface area contributed by atoms with Crippen LogP contribution >= 0.6 is 27.5 Å². The van der Waals surface area contributed by atoms with E-state index in [2.05, 4.69) is 20.9 Å². The lowest BCUT2D eigenvalue weighted by molar-refractivity contribution is 0.629. The summed E-state index contributed by atoms with van der Waals surface area (Å²) in [7, 11) is 0. The number of aromatic nitrogens is 1. The summed E-state index contributed by atoms with van der Waals surface area (Å²) in [6.07, 6.45) is 0. The van der Waals surface area contributed by atoms with Gasteiger partial charge in [0.2, 0.25) is 0 Å². The van der Waals surface area contributed by atoms with E-state index in [0.29, 0.717) is 16.8 Å². The summed E-state index contributed by atoms with van der Waals surface area (Å²) in [5, 5.41) is 9.41. The van der Waals surface area contributed by atoms with Crippen molar-refractivity contribution in [2.24, 2.45) is 0 Å². The van der Waals surface area contributed by atoms with Gasteiger partial charge in [-0.2, -0.15) is 5.26 Å². The summed E-state index contributed by atoms with van der Waals surface area (Å²) in [6, 6.07) is 15.7. The molecule has 0 saturated heterocycles. The summed E-state index contributed by atoms with van der Waals surface area (Å²) < 4.78 is 14.7. The number of benzene rings is 2. The van der Waals surface area contributed by atoms with E-state index in [9.17, 15) is 9.65 Å². The van der Waals surface area contributed by atoms with Gasteiger partial charge < -0.3 is 5.73 Å². The highest BCUT2D eigenvalue weighted by molar-refractivity contribution is 9.10. The van der Waals surface area contributed by atoms with Gasteiger partial charge in [-0.05, 0) is 35.9 Å². The molecule has 0 unspecified atom stereocenters. The van der Waals surface area contributed by atoms with Crippen LogP contribution in [-0.4, -0.2) is 4.98 Å². The summed E-state index contributed by atoms with van der Waals surface area (Å²) in [5.41, 5.74) is 8.60. The molecule has 6 heteroatoms.